The molecule has 4 aromatic rings. The number of carbonyl (C=O) groups is 3. The molecule has 0 radical (unpaired) electrons. The molecule has 6 nitrogen and oxygen atoms in total. The van der Waals surface area contributed by atoms with Gasteiger partial charge in [-0.15, -0.1) is 0 Å². The van der Waals surface area contributed by atoms with Crippen molar-refractivity contribution in [2.45, 2.75) is 65.0 Å². The molecule has 0 saturated heterocycles. The van der Waals surface area contributed by atoms with Gasteiger partial charge in [0.1, 0.15) is 6.04 Å². The van der Waals surface area contributed by atoms with Crippen molar-refractivity contribution in [2.75, 3.05) is 4.90 Å². The van der Waals surface area contributed by atoms with Crippen LogP contribution in [0.4, 0.5) is 5.69 Å². The largest absolute Gasteiger partial charge is 0.369 e. The van der Waals surface area contributed by atoms with Crippen LogP contribution in [0.2, 0.25) is 0 Å². The molecule has 46 heavy (non-hydrogen) atoms. The van der Waals surface area contributed by atoms with Gasteiger partial charge in [-0.3, -0.25) is 14.4 Å². The third kappa shape index (κ3) is 6.48. The quantitative estimate of drug-likeness (QED) is 0.181. The van der Waals surface area contributed by atoms with Crippen LogP contribution in [0.15, 0.2) is 97.1 Å². The van der Waals surface area contributed by atoms with E-state index in [1.807, 2.05) is 67.6 Å². The Morgan fingerprint density at radius 2 is 1.59 bits per heavy atom. The van der Waals surface area contributed by atoms with Crippen molar-refractivity contribution in [3.8, 4) is 22.3 Å². The SMILES string of the molecule is CCC[C@H](C(N)=O)[C@@H](CC1CCC1)C(=O)NC1C(=O)N(Cc2cccc(-c3ccc(C)cc3)c2)c2ccccc2-c2ccccc21. The number of nitrogens with zero attached hydrogens (tertiary/aromatic N) is 1. The molecule has 1 saturated carbocycles. The van der Waals surface area contributed by atoms with Crippen molar-refractivity contribution in [2.24, 2.45) is 23.5 Å². The summed E-state index contributed by atoms with van der Waals surface area (Å²) in [5.74, 6) is -1.68. The third-order valence-corrected chi connectivity index (χ3v) is 9.81. The van der Waals surface area contributed by atoms with Gasteiger partial charge >= 0.3 is 0 Å². The van der Waals surface area contributed by atoms with Crippen LogP contribution < -0.4 is 16.0 Å². The van der Waals surface area contributed by atoms with E-state index in [0.29, 0.717) is 25.3 Å². The van der Waals surface area contributed by atoms with E-state index in [1.165, 1.54) is 5.56 Å². The Morgan fingerprint density at radius 3 is 2.28 bits per heavy atom. The monoisotopic (exact) mass is 613 g/mol. The number of para-hydroxylation sites is 1. The van der Waals surface area contributed by atoms with Gasteiger partial charge in [0, 0.05) is 17.4 Å². The summed E-state index contributed by atoms with van der Waals surface area (Å²) in [7, 11) is 0. The molecule has 1 unspecified atom stereocenters. The minimum Gasteiger partial charge on any atom is -0.369 e. The standard InChI is InChI=1S/C40H43N3O3/c1-3-10-34(38(41)44)35(24-27-11-8-12-27)39(45)42-37-33-17-5-4-15-31(33)32-16-6-7-18-36(32)43(40(37)46)25-28-13-9-14-30(23-28)29-21-19-26(2)20-22-29/h4-7,9,13-23,27,34-35,37H,3,8,10-12,24-25H2,1-2H3,(H2,41,44)(H,42,45)/t34-,35+,37?/m0/s1. The summed E-state index contributed by atoms with van der Waals surface area (Å²) in [5.41, 5.74) is 13.6. The molecule has 6 rings (SSSR count). The van der Waals surface area contributed by atoms with Crippen LogP contribution in [0.25, 0.3) is 22.3 Å². The zero-order chi connectivity index (χ0) is 32.2. The number of primary amides is 1. The summed E-state index contributed by atoms with van der Waals surface area (Å²) in [6, 6.07) is 31.5. The second-order valence-corrected chi connectivity index (χ2v) is 13.0. The maximum atomic E-state index is 14.8. The molecule has 3 N–H and O–H groups in total. The van der Waals surface area contributed by atoms with Gasteiger partial charge in [0.15, 0.2) is 0 Å². The van der Waals surface area contributed by atoms with Gasteiger partial charge in [0.25, 0.3) is 5.91 Å². The van der Waals surface area contributed by atoms with Crippen LogP contribution in [0.3, 0.4) is 0 Å². The van der Waals surface area contributed by atoms with Crippen molar-refractivity contribution in [1.29, 1.82) is 0 Å². The number of hydrogen-bond donors (Lipinski definition) is 2. The maximum absolute atomic E-state index is 14.8. The Hall–Kier alpha value is -4.71. The van der Waals surface area contributed by atoms with Crippen LogP contribution in [-0.4, -0.2) is 17.7 Å². The molecule has 1 fully saturated rings. The fraction of sp³-hybridized carbons (Fsp3) is 0.325. The minimum absolute atomic E-state index is 0.208. The Morgan fingerprint density at radius 1 is 0.870 bits per heavy atom. The lowest BCUT2D eigenvalue weighted by Crippen LogP contribution is -2.47. The first-order valence-electron chi connectivity index (χ1n) is 16.6. The highest BCUT2D eigenvalue weighted by molar-refractivity contribution is 6.06. The number of fused-ring (bicyclic) bond motifs is 3. The van der Waals surface area contributed by atoms with E-state index in [2.05, 4.69) is 48.6 Å². The minimum atomic E-state index is -0.921. The number of hydrogen-bond acceptors (Lipinski definition) is 3. The smallest absolute Gasteiger partial charge is 0.254 e. The van der Waals surface area contributed by atoms with Crippen molar-refractivity contribution in [1.82, 2.24) is 5.32 Å². The fourth-order valence-corrected chi connectivity index (χ4v) is 7.06. The second-order valence-electron chi connectivity index (χ2n) is 13.0. The summed E-state index contributed by atoms with van der Waals surface area (Å²) in [5, 5.41) is 3.17. The average molecular weight is 614 g/mol. The van der Waals surface area contributed by atoms with E-state index >= 15 is 0 Å². The molecule has 236 valence electrons. The van der Waals surface area contributed by atoms with Crippen LogP contribution in [0.5, 0.6) is 0 Å². The first-order chi connectivity index (χ1) is 22.3. The molecule has 0 bridgehead atoms. The normalized spacial score (nSPS) is 17.2. The molecule has 3 amide bonds. The first kappa shape index (κ1) is 31.3. The molecule has 2 aliphatic rings. The maximum Gasteiger partial charge on any atom is 0.254 e. The molecule has 1 aliphatic carbocycles. The summed E-state index contributed by atoms with van der Waals surface area (Å²) in [6.45, 7) is 4.41. The number of amides is 3. The van der Waals surface area contributed by atoms with Gasteiger partial charge in [0.05, 0.1) is 12.2 Å². The lowest BCUT2D eigenvalue weighted by atomic mass is 9.73. The molecule has 1 aliphatic heterocycles. The molecule has 4 aromatic carbocycles. The second kappa shape index (κ2) is 13.7. The van der Waals surface area contributed by atoms with Gasteiger partial charge < -0.3 is 16.0 Å². The van der Waals surface area contributed by atoms with Crippen LogP contribution in [0, 0.1) is 24.7 Å². The van der Waals surface area contributed by atoms with Crippen LogP contribution in [-0.2, 0) is 20.9 Å². The highest BCUT2D eigenvalue weighted by atomic mass is 16.2. The number of carbonyl (C=O) groups excluding carboxylic acids is 3. The lowest BCUT2D eigenvalue weighted by Gasteiger charge is -2.33. The molecule has 3 atom stereocenters. The van der Waals surface area contributed by atoms with Crippen molar-refractivity contribution < 1.29 is 14.4 Å². The number of aryl methyl sites for hydroxylation is 1. The van der Waals surface area contributed by atoms with Gasteiger partial charge in [-0.1, -0.05) is 123 Å². The van der Waals surface area contributed by atoms with E-state index in [-0.39, 0.29) is 11.8 Å². The predicted octanol–water partition coefficient (Wildman–Crippen LogP) is 7.74. The topological polar surface area (TPSA) is 92.5 Å². The van der Waals surface area contributed by atoms with E-state index in [0.717, 1.165) is 64.8 Å². The zero-order valence-electron chi connectivity index (χ0n) is 26.7. The predicted molar refractivity (Wildman–Crippen MR) is 184 cm³/mol. The number of benzene rings is 4. The number of nitrogens with one attached hydrogen (secondary N) is 1. The van der Waals surface area contributed by atoms with Crippen molar-refractivity contribution >= 4 is 23.4 Å². The van der Waals surface area contributed by atoms with Gasteiger partial charge in [-0.25, -0.2) is 0 Å². The van der Waals surface area contributed by atoms with Gasteiger partial charge in [-0.05, 0) is 65.6 Å². The highest BCUT2D eigenvalue weighted by Gasteiger charge is 2.40. The molecular weight excluding hydrogens is 570 g/mol. The third-order valence-electron chi connectivity index (χ3n) is 9.81. The first-order valence-corrected chi connectivity index (χ1v) is 16.6. The Kier molecular flexibility index (Phi) is 9.34. The van der Waals surface area contributed by atoms with E-state index in [1.54, 1.807) is 4.90 Å². The molecule has 1 heterocycles. The summed E-state index contributed by atoms with van der Waals surface area (Å²) >= 11 is 0. The lowest BCUT2D eigenvalue weighted by molar-refractivity contribution is -0.136. The Balaban J connectivity index is 1.38. The van der Waals surface area contributed by atoms with E-state index in [9.17, 15) is 14.4 Å². The average Bonchev–Trinajstić information content (AvgIpc) is 3.13. The highest BCUT2D eigenvalue weighted by Crippen LogP contribution is 2.42. The van der Waals surface area contributed by atoms with Crippen molar-refractivity contribution in [3.63, 3.8) is 0 Å². The summed E-state index contributed by atoms with van der Waals surface area (Å²) in [4.78, 5) is 43.5. The number of anilines is 1. The molecule has 0 spiro atoms. The van der Waals surface area contributed by atoms with Gasteiger partial charge in [0.2, 0.25) is 11.8 Å². The fourth-order valence-electron chi connectivity index (χ4n) is 7.06. The Labute approximate surface area is 272 Å². The van der Waals surface area contributed by atoms with E-state index < -0.39 is 23.8 Å². The zero-order valence-corrected chi connectivity index (χ0v) is 26.7. The van der Waals surface area contributed by atoms with Crippen molar-refractivity contribution in [3.05, 3.63) is 114 Å². The number of rotatable bonds is 11. The number of nitrogens with two attached hydrogens (primary N) is 1. The van der Waals surface area contributed by atoms with Crippen LogP contribution in [0.1, 0.15) is 68.2 Å². The molecule has 0 aromatic heterocycles. The molecule has 6 heteroatoms. The summed E-state index contributed by atoms with van der Waals surface area (Å²) in [6.07, 6.45) is 5.15. The summed E-state index contributed by atoms with van der Waals surface area (Å²) < 4.78 is 0. The van der Waals surface area contributed by atoms with E-state index in [4.69, 9.17) is 5.73 Å². The van der Waals surface area contributed by atoms with Gasteiger partial charge in [-0.2, -0.15) is 0 Å². The Bertz CT molecular complexity index is 1730. The molecular formula is C40H43N3O3. The van der Waals surface area contributed by atoms with Crippen LogP contribution >= 0.6 is 0 Å².